The van der Waals surface area contributed by atoms with Crippen molar-refractivity contribution < 1.29 is 13.9 Å². The molecule has 3 nitrogen and oxygen atoms in total. The molecule has 0 spiro atoms. The number of hydrogen-bond donors (Lipinski definition) is 1. The number of amides is 1. The van der Waals surface area contributed by atoms with E-state index in [9.17, 15) is 9.18 Å². The summed E-state index contributed by atoms with van der Waals surface area (Å²) in [7, 11) is 0. The summed E-state index contributed by atoms with van der Waals surface area (Å²) in [4.78, 5) is 14.1. The van der Waals surface area contributed by atoms with Gasteiger partial charge in [0, 0.05) is 28.3 Å². The summed E-state index contributed by atoms with van der Waals surface area (Å²) in [6.07, 6.45) is 2.50. The standard InChI is InChI=1S/C19H18FNO2S/c20-16-3-7-18(8-4-16)24-17-5-1-14(2-6-17)13-21-19(22)15-9-11-23-12-10-15/h1-9H,10-13H2,(H,21,22). The molecule has 1 heterocycles. The van der Waals surface area contributed by atoms with E-state index in [2.05, 4.69) is 5.32 Å². The van der Waals surface area contributed by atoms with Crippen molar-refractivity contribution in [3.63, 3.8) is 0 Å². The molecule has 1 N–H and O–H groups in total. The number of carbonyl (C=O) groups is 1. The van der Waals surface area contributed by atoms with Crippen LogP contribution in [-0.4, -0.2) is 19.1 Å². The Morgan fingerprint density at radius 3 is 2.38 bits per heavy atom. The number of carbonyl (C=O) groups excluding carboxylic acids is 1. The number of nitrogens with one attached hydrogen (secondary N) is 1. The van der Waals surface area contributed by atoms with Gasteiger partial charge in [-0.2, -0.15) is 0 Å². The molecule has 0 saturated heterocycles. The quantitative estimate of drug-likeness (QED) is 0.894. The smallest absolute Gasteiger partial charge is 0.247 e. The summed E-state index contributed by atoms with van der Waals surface area (Å²) in [6, 6.07) is 14.4. The Bertz CT molecular complexity index is 726. The third-order valence-corrected chi connectivity index (χ3v) is 4.70. The fourth-order valence-corrected chi connectivity index (χ4v) is 3.16. The average Bonchev–Trinajstić information content (AvgIpc) is 2.63. The third kappa shape index (κ3) is 4.69. The van der Waals surface area contributed by atoms with Gasteiger partial charge in [0.1, 0.15) is 5.82 Å². The van der Waals surface area contributed by atoms with Gasteiger partial charge in [-0.05, 0) is 42.0 Å². The Morgan fingerprint density at radius 2 is 1.75 bits per heavy atom. The number of hydrogen-bond acceptors (Lipinski definition) is 3. The van der Waals surface area contributed by atoms with Crippen LogP contribution in [0, 0.1) is 5.82 Å². The molecule has 5 heteroatoms. The Hall–Kier alpha value is -2.11. The molecular formula is C19H18FNO2S. The van der Waals surface area contributed by atoms with Crippen LogP contribution in [0.25, 0.3) is 0 Å². The van der Waals surface area contributed by atoms with E-state index in [0.29, 0.717) is 26.2 Å². The molecule has 124 valence electrons. The minimum atomic E-state index is -0.231. The Labute approximate surface area is 144 Å². The molecule has 0 saturated carbocycles. The molecule has 0 fully saturated rings. The van der Waals surface area contributed by atoms with Crippen LogP contribution in [0.1, 0.15) is 12.0 Å². The van der Waals surface area contributed by atoms with Crippen LogP contribution in [0.15, 0.2) is 70.0 Å². The van der Waals surface area contributed by atoms with Gasteiger partial charge in [-0.3, -0.25) is 4.79 Å². The lowest BCUT2D eigenvalue weighted by Gasteiger charge is -2.13. The maximum Gasteiger partial charge on any atom is 0.247 e. The third-order valence-electron chi connectivity index (χ3n) is 3.68. The lowest BCUT2D eigenvalue weighted by Crippen LogP contribution is -2.26. The molecule has 1 aliphatic rings. The van der Waals surface area contributed by atoms with Crippen LogP contribution < -0.4 is 5.32 Å². The van der Waals surface area contributed by atoms with Gasteiger partial charge in [0.25, 0.3) is 0 Å². The lowest BCUT2D eigenvalue weighted by molar-refractivity contribution is -0.118. The molecule has 0 unspecified atom stereocenters. The molecule has 0 bridgehead atoms. The van der Waals surface area contributed by atoms with Gasteiger partial charge < -0.3 is 10.1 Å². The second-order valence-electron chi connectivity index (χ2n) is 5.44. The van der Waals surface area contributed by atoms with E-state index in [4.69, 9.17) is 4.74 Å². The summed E-state index contributed by atoms with van der Waals surface area (Å²) in [5.74, 6) is -0.256. The maximum absolute atomic E-state index is 12.9. The Morgan fingerprint density at radius 1 is 1.08 bits per heavy atom. The molecular weight excluding hydrogens is 325 g/mol. The molecule has 0 atom stereocenters. The van der Waals surface area contributed by atoms with E-state index < -0.39 is 0 Å². The highest BCUT2D eigenvalue weighted by Crippen LogP contribution is 2.27. The zero-order chi connectivity index (χ0) is 16.8. The topological polar surface area (TPSA) is 38.3 Å². The van der Waals surface area contributed by atoms with Crippen molar-refractivity contribution in [3.05, 3.63) is 71.6 Å². The fourth-order valence-electron chi connectivity index (χ4n) is 2.34. The second kappa shape index (κ2) is 8.13. The largest absolute Gasteiger partial charge is 0.377 e. The van der Waals surface area contributed by atoms with Gasteiger partial charge in [0.15, 0.2) is 0 Å². The molecule has 1 amide bonds. The minimum absolute atomic E-state index is 0.0249. The van der Waals surface area contributed by atoms with E-state index in [-0.39, 0.29) is 11.7 Å². The van der Waals surface area contributed by atoms with Crippen molar-refractivity contribution in [2.75, 3.05) is 13.2 Å². The zero-order valence-corrected chi connectivity index (χ0v) is 13.9. The highest BCUT2D eigenvalue weighted by Gasteiger charge is 2.11. The maximum atomic E-state index is 12.9. The minimum Gasteiger partial charge on any atom is -0.377 e. The predicted octanol–water partition coefficient (Wildman–Crippen LogP) is 3.94. The highest BCUT2D eigenvalue weighted by molar-refractivity contribution is 7.99. The van der Waals surface area contributed by atoms with Gasteiger partial charge in [0.05, 0.1) is 13.2 Å². The molecule has 1 aliphatic heterocycles. The monoisotopic (exact) mass is 343 g/mol. The van der Waals surface area contributed by atoms with Crippen LogP contribution in [-0.2, 0) is 16.1 Å². The van der Waals surface area contributed by atoms with Crippen molar-refractivity contribution in [1.29, 1.82) is 0 Å². The van der Waals surface area contributed by atoms with Crippen molar-refractivity contribution in [2.24, 2.45) is 0 Å². The first-order valence-electron chi connectivity index (χ1n) is 7.78. The average molecular weight is 343 g/mol. The predicted molar refractivity (Wildman–Crippen MR) is 92.3 cm³/mol. The molecule has 0 aromatic heterocycles. The van der Waals surface area contributed by atoms with E-state index in [1.807, 2.05) is 30.3 Å². The Kier molecular flexibility index (Phi) is 5.67. The van der Waals surface area contributed by atoms with E-state index >= 15 is 0 Å². The first kappa shape index (κ1) is 16.7. The highest BCUT2D eigenvalue weighted by atomic mass is 32.2. The molecule has 0 aliphatic carbocycles. The summed E-state index contributed by atoms with van der Waals surface area (Å²) in [5.41, 5.74) is 1.84. The van der Waals surface area contributed by atoms with Crippen LogP contribution in [0.2, 0.25) is 0 Å². The first-order valence-corrected chi connectivity index (χ1v) is 8.60. The van der Waals surface area contributed by atoms with Gasteiger partial charge in [-0.15, -0.1) is 0 Å². The molecule has 2 aromatic rings. The molecule has 3 rings (SSSR count). The van der Waals surface area contributed by atoms with Crippen molar-refractivity contribution in [1.82, 2.24) is 5.32 Å². The second-order valence-corrected chi connectivity index (χ2v) is 6.58. The first-order chi connectivity index (χ1) is 11.7. The van der Waals surface area contributed by atoms with Crippen LogP contribution >= 0.6 is 11.8 Å². The summed E-state index contributed by atoms with van der Waals surface area (Å²) < 4.78 is 18.1. The van der Waals surface area contributed by atoms with Gasteiger partial charge >= 0.3 is 0 Å². The van der Waals surface area contributed by atoms with Gasteiger partial charge in [-0.1, -0.05) is 30.0 Å². The van der Waals surface area contributed by atoms with Gasteiger partial charge in [0.2, 0.25) is 5.91 Å². The summed E-state index contributed by atoms with van der Waals surface area (Å²) >= 11 is 1.58. The number of halogens is 1. The van der Waals surface area contributed by atoms with Crippen LogP contribution in [0.4, 0.5) is 4.39 Å². The zero-order valence-electron chi connectivity index (χ0n) is 13.1. The van der Waals surface area contributed by atoms with Crippen molar-refractivity contribution in [2.45, 2.75) is 22.8 Å². The molecule has 0 radical (unpaired) electrons. The van der Waals surface area contributed by atoms with E-state index in [1.165, 1.54) is 12.1 Å². The Balaban J connectivity index is 1.53. The van der Waals surface area contributed by atoms with Crippen molar-refractivity contribution >= 4 is 17.7 Å². The summed E-state index contributed by atoms with van der Waals surface area (Å²) in [6.45, 7) is 1.62. The summed E-state index contributed by atoms with van der Waals surface area (Å²) in [5, 5.41) is 2.93. The fraction of sp³-hybridized carbons (Fsp3) is 0.211. The van der Waals surface area contributed by atoms with Crippen LogP contribution in [0.3, 0.4) is 0 Å². The lowest BCUT2D eigenvalue weighted by atomic mass is 10.1. The molecule has 2 aromatic carbocycles. The van der Waals surface area contributed by atoms with E-state index in [1.54, 1.807) is 23.9 Å². The number of benzene rings is 2. The van der Waals surface area contributed by atoms with Crippen molar-refractivity contribution in [3.8, 4) is 0 Å². The van der Waals surface area contributed by atoms with Gasteiger partial charge in [-0.25, -0.2) is 4.39 Å². The number of ether oxygens (including phenoxy) is 1. The van der Waals surface area contributed by atoms with Crippen LogP contribution in [0.5, 0.6) is 0 Å². The van der Waals surface area contributed by atoms with E-state index in [0.717, 1.165) is 20.9 Å². The normalized spacial score (nSPS) is 14.1. The molecule has 24 heavy (non-hydrogen) atoms. The SMILES string of the molecule is O=C(NCc1ccc(Sc2ccc(F)cc2)cc1)C1=CCOCC1. The number of rotatable bonds is 5.